The first-order chi connectivity index (χ1) is 14.8. The maximum Gasteiger partial charge on any atom is 0.227 e. The molecule has 5 rings (SSSR count). The van der Waals surface area contributed by atoms with Crippen LogP contribution in [-0.4, -0.2) is 45.9 Å². The summed E-state index contributed by atoms with van der Waals surface area (Å²) in [5.74, 6) is 1.59. The molecule has 152 valence electrons. The van der Waals surface area contributed by atoms with Crippen molar-refractivity contribution in [2.75, 3.05) is 41.3 Å². The van der Waals surface area contributed by atoms with Crippen molar-refractivity contribution >= 4 is 28.5 Å². The summed E-state index contributed by atoms with van der Waals surface area (Å²) >= 11 is 0. The first-order valence-corrected chi connectivity index (χ1v) is 10.3. The minimum absolute atomic E-state index is 0.635. The molecule has 7 heteroatoms. The number of aryl methyl sites for hydroxylation is 1. The van der Waals surface area contributed by atoms with Gasteiger partial charge in [-0.15, -0.1) is 0 Å². The van der Waals surface area contributed by atoms with E-state index in [1.54, 1.807) is 0 Å². The molecule has 0 bridgehead atoms. The van der Waals surface area contributed by atoms with Crippen LogP contribution in [0.25, 0.3) is 11.0 Å². The Hall–Kier alpha value is -3.61. The Kier molecular flexibility index (Phi) is 4.93. The summed E-state index contributed by atoms with van der Waals surface area (Å²) in [6.45, 7) is 4.43. The number of anilines is 3. The molecular formula is C23H25N7. The highest BCUT2D eigenvalue weighted by atomic mass is 15.3. The third kappa shape index (κ3) is 3.66. The topological polar surface area (TPSA) is 62.1 Å². The molecule has 0 amide bonds. The lowest BCUT2D eigenvalue weighted by molar-refractivity contribution is 0.649. The molecule has 1 saturated heterocycles. The molecule has 0 unspecified atom stereocenters. The molecule has 0 spiro atoms. The second-order valence-corrected chi connectivity index (χ2v) is 7.53. The number of benzene rings is 2. The summed E-state index contributed by atoms with van der Waals surface area (Å²) in [4.78, 5) is 14.4. The van der Waals surface area contributed by atoms with Gasteiger partial charge in [0.25, 0.3) is 0 Å². The van der Waals surface area contributed by atoms with Crippen molar-refractivity contribution in [1.82, 2.24) is 19.7 Å². The van der Waals surface area contributed by atoms with Gasteiger partial charge in [-0.1, -0.05) is 48.5 Å². The lowest BCUT2D eigenvalue weighted by Gasteiger charge is -2.37. The normalized spacial score (nSPS) is 14.3. The van der Waals surface area contributed by atoms with Gasteiger partial charge in [0, 0.05) is 45.5 Å². The first-order valence-electron chi connectivity index (χ1n) is 10.3. The van der Waals surface area contributed by atoms with Crippen molar-refractivity contribution in [2.24, 2.45) is 7.05 Å². The summed E-state index contributed by atoms with van der Waals surface area (Å²) in [5, 5.41) is 8.80. The average molecular weight is 400 g/mol. The molecule has 1 fully saturated rings. The Balaban J connectivity index is 1.38. The molecule has 2 aromatic carbocycles. The van der Waals surface area contributed by atoms with Gasteiger partial charge in [0.05, 0.1) is 11.6 Å². The maximum absolute atomic E-state index is 4.88. The van der Waals surface area contributed by atoms with E-state index in [9.17, 15) is 0 Å². The lowest BCUT2D eigenvalue weighted by Crippen LogP contribution is -2.47. The molecule has 30 heavy (non-hydrogen) atoms. The van der Waals surface area contributed by atoms with Crippen molar-refractivity contribution in [1.29, 1.82) is 0 Å². The van der Waals surface area contributed by atoms with Gasteiger partial charge in [-0.25, -0.2) is 0 Å². The molecule has 1 aliphatic rings. The zero-order chi connectivity index (χ0) is 20.3. The summed E-state index contributed by atoms with van der Waals surface area (Å²) in [6.07, 6.45) is 1.87. The van der Waals surface area contributed by atoms with E-state index >= 15 is 0 Å². The Labute approximate surface area is 176 Å². The number of hydrogen-bond acceptors (Lipinski definition) is 6. The van der Waals surface area contributed by atoms with Crippen molar-refractivity contribution < 1.29 is 0 Å². The van der Waals surface area contributed by atoms with E-state index in [0.717, 1.165) is 43.0 Å². The second-order valence-electron chi connectivity index (χ2n) is 7.53. The number of piperazine rings is 1. The van der Waals surface area contributed by atoms with Gasteiger partial charge in [-0.05, 0) is 17.7 Å². The van der Waals surface area contributed by atoms with Gasteiger partial charge in [0.2, 0.25) is 5.95 Å². The molecule has 7 nitrogen and oxygen atoms in total. The van der Waals surface area contributed by atoms with E-state index in [-0.39, 0.29) is 0 Å². The van der Waals surface area contributed by atoms with Crippen LogP contribution < -0.4 is 15.1 Å². The predicted octanol–water partition coefficient (Wildman–Crippen LogP) is 3.30. The van der Waals surface area contributed by atoms with Crippen LogP contribution >= 0.6 is 0 Å². The zero-order valence-electron chi connectivity index (χ0n) is 17.1. The van der Waals surface area contributed by atoms with E-state index in [1.807, 2.05) is 36.1 Å². The third-order valence-corrected chi connectivity index (χ3v) is 5.57. The van der Waals surface area contributed by atoms with Gasteiger partial charge in [0.1, 0.15) is 5.82 Å². The van der Waals surface area contributed by atoms with E-state index in [0.29, 0.717) is 12.5 Å². The number of aromatic nitrogens is 4. The molecule has 0 atom stereocenters. The molecule has 0 aliphatic carbocycles. The zero-order valence-corrected chi connectivity index (χ0v) is 17.1. The van der Waals surface area contributed by atoms with Gasteiger partial charge < -0.3 is 15.1 Å². The minimum Gasteiger partial charge on any atom is -0.368 e. The predicted molar refractivity (Wildman–Crippen MR) is 121 cm³/mol. The highest BCUT2D eigenvalue weighted by molar-refractivity contribution is 5.88. The quantitative estimate of drug-likeness (QED) is 0.556. The number of hydrogen-bond donors (Lipinski definition) is 1. The van der Waals surface area contributed by atoms with Crippen molar-refractivity contribution in [2.45, 2.75) is 6.54 Å². The fraction of sp³-hybridized carbons (Fsp3) is 0.261. The highest BCUT2D eigenvalue weighted by Crippen LogP contribution is 2.27. The third-order valence-electron chi connectivity index (χ3n) is 5.57. The van der Waals surface area contributed by atoms with Gasteiger partial charge in [-0.3, -0.25) is 4.68 Å². The smallest absolute Gasteiger partial charge is 0.227 e. The number of fused-ring (bicyclic) bond motifs is 1. The second kappa shape index (κ2) is 8.02. The van der Waals surface area contributed by atoms with Crippen molar-refractivity contribution in [3.8, 4) is 0 Å². The number of nitrogens with one attached hydrogen (secondary N) is 1. The van der Waals surface area contributed by atoms with Crippen LogP contribution in [0.2, 0.25) is 0 Å². The van der Waals surface area contributed by atoms with Gasteiger partial charge in [0.15, 0.2) is 5.65 Å². The van der Waals surface area contributed by atoms with Crippen LogP contribution in [0, 0.1) is 0 Å². The largest absolute Gasteiger partial charge is 0.368 e. The number of nitrogens with zero attached hydrogens (tertiary/aromatic N) is 6. The van der Waals surface area contributed by atoms with Crippen LogP contribution in [-0.2, 0) is 13.6 Å². The summed E-state index contributed by atoms with van der Waals surface area (Å²) < 4.78 is 1.81. The van der Waals surface area contributed by atoms with E-state index in [2.05, 4.69) is 62.7 Å². The summed E-state index contributed by atoms with van der Waals surface area (Å²) in [5.41, 5.74) is 3.32. The van der Waals surface area contributed by atoms with Crippen LogP contribution in [0.4, 0.5) is 17.5 Å². The van der Waals surface area contributed by atoms with E-state index in [4.69, 9.17) is 9.97 Å². The van der Waals surface area contributed by atoms with Crippen LogP contribution in [0.5, 0.6) is 0 Å². The minimum atomic E-state index is 0.635. The standard InChI is InChI=1S/C23H25N7/c1-28-21-20(17-25-28)22(27-23(26-21)24-16-18-8-4-2-5-9-18)30-14-12-29(13-15-30)19-10-6-3-7-11-19/h2-11,17H,12-16H2,1H3,(H,24,26,27). The fourth-order valence-electron chi connectivity index (χ4n) is 3.92. The Morgan fingerprint density at radius 3 is 2.23 bits per heavy atom. The molecule has 2 aromatic heterocycles. The fourth-order valence-corrected chi connectivity index (χ4v) is 3.92. The van der Waals surface area contributed by atoms with Crippen molar-refractivity contribution in [3.63, 3.8) is 0 Å². The first kappa shape index (κ1) is 18.4. The molecule has 0 radical (unpaired) electrons. The molecule has 3 heterocycles. The highest BCUT2D eigenvalue weighted by Gasteiger charge is 2.22. The Morgan fingerprint density at radius 2 is 1.50 bits per heavy atom. The van der Waals surface area contributed by atoms with Crippen LogP contribution in [0.1, 0.15) is 5.56 Å². The van der Waals surface area contributed by atoms with Gasteiger partial charge >= 0.3 is 0 Å². The molecule has 4 aromatic rings. The summed E-state index contributed by atoms with van der Waals surface area (Å²) in [6, 6.07) is 20.9. The van der Waals surface area contributed by atoms with Crippen LogP contribution in [0.15, 0.2) is 66.9 Å². The van der Waals surface area contributed by atoms with Crippen molar-refractivity contribution in [3.05, 3.63) is 72.4 Å². The van der Waals surface area contributed by atoms with Gasteiger partial charge in [-0.2, -0.15) is 15.1 Å². The Morgan fingerprint density at radius 1 is 0.833 bits per heavy atom. The maximum atomic E-state index is 4.88. The molecule has 1 N–H and O–H groups in total. The monoisotopic (exact) mass is 399 g/mol. The SMILES string of the molecule is Cn1ncc2c(N3CCN(c4ccccc4)CC3)nc(NCc3ccccc3)nc21. The lowest BCUT2D eigenvalue weighted by atomic mass is 10.2. The molecule has 0 saturated carbocycles. The molecular weight excluding hydrogens is 374 g/mol. The Bertz CT molecular complexity index is 1120. The molecule has 1 aliphatic heterocycles. The van der Waals surface area contributed by atoms with E-state index < -0.39 is 0 Å². The number of para-hydroxylation sites is 1. The number of rotatable bonds is 5. The van der Waals surface area contributed by atoms with E-state index in [1.165, 1.54) is 11.3 Å². The van der Waals surface area contributed by atoms with Crippen LogP contribution in [0.3, 0.4) is 0 Å². The average Bonchev–Trinajstić information content (AvgIpc) is 3.19. The summed E-state index contributed by atoms with van der Waals surface area (Å²) in [7, 11) is 1.92.